The summed E-state index contributed by atoms with van der Waals surface area (Å²) in [6, 6.07) is 0. The van der Waals surface area contributed by atoms with E-state index >= 15 is 0 Å². The van der Waals surface area contributed by atoms with Crippen LogP contribution in [0.25, 0.3) is 0 Å². The molecule has 0 radical (unpaired) electrons. The summed E-state index contributed by atoms with van der Waals surface area (Å²) in [5.74, 6) is -0.287. The summed E-state index contributed by atoms with van der Waals surface area (Å²) in [4.78, 5) is 26.3. The highest BCUT2D eigenvalue weighted by Crippen LogP contribution is 2.40. The Hall–Kier alpha value is -1.97. The van der Waals surface area contributed by atoms with Crippen molar-refractivity contribution in [2.24, 2.45) is 0 Å². The van der Waals surface area contributed by atoms with Crippen LogP contribution in [-0.2, 0) is 27.3 Å². The summed E-state index contributed by atoms with van der Waals surface area (Å²) in [7, 11) is 0. The van der Waals surface area contributed by atoms with E-state index in [9.17, 15) is 14.7 Å². The summed E-state index contributed by atoms with van der Waals surface area (Å²) in [6.45, 7) is 5.75. The van der Waals surface area contributed by atoms with Crippen LogP contribution in [0.3, 0.4) is 0 Å². The summed E-state index contributed by atoms with van der Waals surface area (Å²) in [5.41, 5.74) is 0.776. The van der Waals surface area contributed by atoms with Crippen molar-refractivity contribution in [3.63, 3.8) is 0 Å². The van der Waals surface area contributed by atoms with Crippen molar-refractivity contribution in [1.29, 1.82) is 0 Å². The molecule has 9 nitrogen and oxygen atoms in total. The van der Waals surface area contributed by atoms with Gasteiger partial charge in [0, 0.05) is 44.3 Å². The predicted molar refractivity (Wildman–Crippen MR) is 98.6 cm³/mol. The molecule has 4 rings (SSSR count). The first-order chi connectivity index (χ1) is 13.3. The SMILES string of the molecule is CC(=O)N[C@]1(C)CCOC2(CCN(C(=O)c3n[nH]c4c3COCC4)CC2)[C@H]1O. The van der Waals surface area contributed by atoms with Crippen molar-refractivity contribution in [3.8, 4) is 0 Å². The Morgan fingerprint density at radius 2 is 2.04 bits per heavy atom. The third kappa shape index (κ3) is 3.21. The van der Waals surface area contributed by atoms with E-state index in [-0.39, 0.29) is 11.8 Å². The van der Waals surface area contributed by atoms with Gasteiger partial charge in [-0.25, -0.2) is 0 Å². The van der Waals surface area contributed by atoms with Crippen LogP contribution < -0.4 is 5.32 Å². The smallest absolute Gasteiger partial charge is 0.274 e. The molecule has 3 N–H and O–H groups in total. The van der Waals surface area contributed by atoms with Crippen molar-refractivity contribution in [1.82, 2.24) is 20.4 Å². The standard InChI is InChI=1S/C19H28N4O5/c1-12(24)20-18(2)6-10-28-19(17(18)26)4-7-23(8-5-19)16(25)15-13-11-27-9-3-14(13)21-22-15/h17,26H,3-11H2,1-2H3,(H,20,24)(H,21,22)/t17-,18+/m0/s1. The highest BCUT2D eigenvalue weighted by Gasteiger charge is 2.54. The fourth-order valence-electron chi connectivity index (χ4n) is 4.74. The van der Waals surface area contributed by atoms with Gasteiger partial charge in [0.15, 0.2) is 5.69 Å². The number of amides is 2. The second-order valence-corrected chi connectivity index (χ2v) is 8.29. The average molecular weight is 392 g/mol. The molecule has 1 aromatic heterocycles. The molecule has 0 aliphatic carbocycles. The molecule has 2 fully saturated rings. The fourth-order valence-corrected chi connectivity index (χ4v) is 4.74. The zero-order chi connectivity index (χ0) is 19.9. The Morgan fingerprint density at radius 1 is 1.29 bits per heavy atom. The van der Waals surface area contributed by atoms with Gasteiger partial charge < -0.3 is 24.8 Å². The van der Waals surface area contributed by atoms with E-state index in [0.29, 0.717) is 57.9 Å². The van der Waals surface area contributed by atoms with Gasteiger partial charge in [0.2, 0.25) is 5.91 Å². The number of H-pyrrole nitrogens is 1. The Morgan fingerprint density at radius 3 is 2.75 bits per heavy atom. The summed E-state index contributed by atoms with van der Waals surface area (Å²) < 4.78 is 11.5. The molecule has 0 unspecified atom stereocenters. The number of aliphatic hydroxyl groups is 1. The van der Waals surface area contributed by atoms with E-state index in [1.165, 1.54) is 6.92 Å². The topological polar surface area (TPSA) is 117 Å². The van der Waals surface area contributed by atoms with Crippen molar-refractivity contribution < 1.29 is 24.2 Å². The number of rotatable bonds is 2. The van der Waals surface area contributed by atoms with Crippen molar-refractivity contribution in [2.75, 3.05) is 26.3 Å². The quantitative estimate of drug-likeness (QED) is 0.659. The van der Waals surface area contributed by atoms with Crippen LogP contribution in [0.1, 0.15) is 54.9 Å². The molecular formula is C19H28N4O5. The van der Waals surface area contributed by atoms with Gasteiger partial charge in [0.05, 0.1) is 24.4 Å². The molecular weight excluding hydrogens is 364 g/mol. The molecule has 4 heterocycles. The van der Waals surface area contributed by atoms with Crippen LogP contribution in [0, 0.1) is 0 Å². The van der Waals surface area contributed by atoms with Gasteiger partial charge in [-0.15, -0.1) is 0 Å². The molecule has 2 amide bonds. The molecule has 1 spiro atoms. The van der Waals surface area contributed by atoms with E-state index in [1.54, 1.807) is 4.90 Å². The van der Waals surface area contributed by atoms with Crippen molar-refractivity contribution in [3.05, 3.63) is 17.0 Å². The third-order valence-electron chi connectivity index (χ3n) is 6.37. The largest absolute Gasteiger partial charge is 0.388 e. The fraction of sp³-hybridized carbons (Fsp3) is 0.737. The minimum Gasteiger partial charge on any atom is -0.388 e. The second kappa shape index (κ2) is 7.13. The Labute approximate surface area is 163 Å². The van der Waals surface area contributed by atoms with Gasteiger partial charge in [-0.05, 0) is 26.2 Å². The van der Waals surface area contributed by atoms with Crippen LogP contribution in [-0.4, -0.2) is 75.6 Å². The number of ether oxygens (including phenoxy) is 2. The first kappa shape index (κ1) is 19.4. The molecule has 0 bridgehead atoms. The maximum atomic E-state index is 13.0. The minimum absolute atomic E-state index is 0.118. The first-order valence-electron chi connectivity index (χ1n) is 9.88. The van der Waals surface area contributed by atoms with Gasteiger partial charge in [0.25, 0.3) is 5.91 Å². The Bertz CT molecular complexity index is 770. The zero-order valence-corrected chi connectivity index (χ0v) is 16.4. The molecule has 0 saturated carbocycles. The van der Waals surface area contributed by atoms with Crippen LogP contribution in [0.4, 0.5) is 0 Å². The lowest BCUT2D eigenvalue weighted by atomic mass is 9.73. The van der Waals surface area contributed by atoms with E-state index in [4.69, 9.17) is 9.47 Å². The molecule has 9 heteroatoms. The predicted octanol–water partition coefficient (Wildman–Crippen LogP) is 0.133. The normalized spacial score (nSPS) is 29.4. The summed E-state index contributed by atoms with van der Waals surface area (Å²) >= 11 is 0. The highest BCUT2D eigenvalue weighted by atomic mass is 16.5. The number of nitrogens with zero attached hydrogens (tertiary/aromatic N) is 2. The number of fused-ring (bicyclic) bond motifs is 1. The lowest BCUT2D eigenvalue weighted by molar-refractivity contribution is -0.205. The van der Waals surface area contributed by atoms with Gasteiger partial charge >= 0.3 is 0 Å². The number of aromatic nitrogens is 2. The van der Waals surface area contributed by atoms with E-state index in [0.717, 1.165) is 17.7 Å². The monoisotopic (exact) mass is 392 g/mol. The number of piperidine rings is 1. The molecule has 0 aromatic carbocycles. The van der Waals surface area contributed by atoms with Gasteiger partial charge in [0.1, 0.15) is 6.10 Å². The van der Waals surface area contributed by atoms with Crippen molar-refractivity contribution in [2.45, 2.75) is 63.4 Å². The molecule has 3 aliphatic rings. The molecule has 154 valence electrons. The summed E-state index contributed by atoms with van der Waals surface area (Å²) in [6.07, 6.45) is 1.48. The highest BCUT2D eigenvalue weighted by molar-refractivity contribution is 5.94. The van der Waals surface area contributed by atoms with Crippen molar-refractivity contribution >= 4 is 11.8 Å². The number of likely N-dealkylation sites (tertiary alicyclic amines) is 1. The van der Waals surface area contributed by atoms with E-state index in [2.05, 4.69) is 15.5 Å². The first-order valence-corrected chi connectivity index (χ1v) is 9.88. The maximum Gasteiger partial charge on any atom is 0.274 e. The maximum absolute atomic E-state index is 13.0. The number of carbonyl (C=O) groups excluding carboxylic acids is 2. The van der Waals surface area contributed by atoms with Crippen LogP contribution in [0.15, 0.2) is 0 Å². The van der Waals surface area contributed by atoms with Crippen LogP contribution in [0.5, 0.6) is 0 Å². The Kier molecular flexibility index (Phi) is 4.93. The lowest BCUT2D eigenvalue weighted by Crippen LogP contribution is -2.69. The number of hydrogen-bond donors (Lipinski definition) is 3. The number of carbonyl (C=O) groups is 2. The Balaban J connectivity index is 1.46. The molecule has 28 heavy (non-hydrogen) atoms. The number of hydrogen-bond acceptors (Lipinski definition) is 6. The van der Waals surface area contributed by atoms with Gasteiger partial charge in [-0.3, -0.25) is 14.7 Å². The number of aliphatic hydroxyl groups excluding tert-OH is 1. The van der Waals surface area contributed by atoms with Crippen LogP contribution >= 0.6 is 0 Å². The summed E-state index contributed by atoms with van der Waals surface area (Å²) in [5, 5.41) is 21.1. The molecule has 2 atom stereocenters. The minimum atomic E-state index is -0.832. The molecule has 2 saturated heterocycles. The number of aromatic amines is 1. The second-order valence-electron chi connectivity index (χ2n) is 8.29. The zero-order valence-electron chi connectivity index (χ0n) is 16.4. The molecule has 1 aromatic rings. The van der Waals surface area contributed by atoms with Gasteiger partial charge in [-0.1, -0.05) is 0 Å². The number of nitrogens with one attached hydrogen (secondary N) is 2. The van der Waals surface area contributed by atoms with E-state index in [1.807, 2.05) is 6.92 Å². The van der Waals surface area contributed by atoms with E-state index < -0.39 is 17.2 Å². The lowest BCUT2D eigenvalue weighted by Gasteiger charge is -2.53. The third-order valence-corrected chi connectivity index (χ3v) is 6.37. The average Bonchev–Trinajstić information content (AvgIpc) is 3.10. The van der Waals surface area contributed by atoms with Gasteiger partial charge in [-0.2, -0.15) is 5.10 Å². The van der Waals surface area contributed by atoms with Crippen LogP contribution in [0.2, 0.25) is 0 Å². The molecule has 3 aliphatic heterocycles.